The average molecular weight is 248 g/mol. The summed E-state index contributed by atoms with van der Waals surface area (Å²) in [6, 6.07) is 6.07. The van der Waals surface area contributed by atoms with Crippen molar-refractivity contribution < 1.29 is 9.53 Å². The molecule has 1 atom stereocenters. The monoisotopic (exact) mass is 248 g/mol. The van der Waals surface area contributed by atoms with Gasteiger partial charge in [0.2, 0.25) is 0 Å². The standard InChI is InChI=1S/C14H20N2O2/c1-3-11-9-18-7-6-16(11)12-4-5-14(15)13(8-12)10(2)17/h4-5,8,11H,3,6-7,9,15H2,1-2H3. The van der Waals surface area contributed by atoms with Crippen LogP contribution in [0.5, 0.6) is 0 Å². The summed E-state index contributed by atoms with van der Waals surface area (Å²) in [4.78, 5) is 13.8. The van der Waals surface area contributed by atoms with Gasteiger partial charge in [-0.1, -0.05) is 6.92 Å². The molecule has 0 spiro atoms. The first-order chi connectivity index (χ1) is 8.63. The zero-order chi connectivity index (χ0) is 13.1. The van der Waals surface area contributed by atoms with Gasteiger partial charge >= 0.3 is 0 Å². The molecule has 1 aliphatic rings. The largest absolute Gasteiger partial charge is 0.398 e. The van der Waals surface area contributed by atoms with Crippen molar-refractivity contribution in [3.05, 3.63) is 23.8 Å². The fourth-order valence-corrected chi connectivity index (χ4v) is 2.36. The van der Waals surface area contributed by atoms with E-state index in [2.05, 4.69) is 11.8 Å². The third-order valence-electron chi connectivity index (χ3n) is 3.45. The van der Waals surface area contributed by atoms with E-state index < -0.39 is 0 Å². The number of rotatable bonds is 3. The van der Waals surface area contributed by atoms with Crippen LogP contribution in [0.15, 0.2) is 18.2 Å². The van der Waals surface area contributed by atoms with E-state index in [-0.39, 0.29) is 5.78 Å². The van der Waals surface area contributed by atoms with Crippen molar-refractivity contribution in [2.24, 2.45) is 0 Å². The number of morpholine rings is 1. The summed E-state index contributed by atoms with van der Waals surface area (Å²) in [6.45, 7) is 6.04. The van der Waals surface area contributed by atoms with Gasteiger partial charge in [0.15, 0.2) is 5.78 Å². The molecular formula is C14H20N2O2. The van der Waals surface area contributed by atoms with Crippen LogP contribution in [-0.2, 0) is 4.74 Å². The Morgan fingerprint density at radius 1 is 1.56 bits per heavy atom. The van der Waals surface area contributed by atoms with E-state index >= 15 is 0 Å². The summed E-state index contributed by atoms with van der Waals surface area (Å²) in [5.74, 6) is 0.00987. The van der Waals surface area contributed by atoms with Crippen molar-refractivity contribution >= 4 is 17.2 Å². The zero-order valence-corrected chi connectivity index (χ0v) is 11.0. The highest BCUT2D eigenvalue weighted by Crippen LogP contribution is 2.25. The summed E-state index contributed by atoms with van der Waals surface area (Å²) < 4.78 is 5.49. The Kier molecular flexibility index (Phi) is 3.87. The number of carbonyl (C=O) groups excluding carboxylic acids is 1. The number of ketones is 1. The van der Waals surface area contributed by atoms with Gasteiger partial charge in [-0.3, -0.25) is 4.79 Å². The van der Waals surface area contributed by atoms with Gasteiger partial charge in [-0.15, -0.1) is 0 Å². The van der Waals surface area contributed by atoms with Crippen molar-refractivity contribution in [3.63, 3.8) is 0 Å². The van der Waals surface area contributed by atoms with E-state index in [1.54, 1.807) is 6.92 Å². The molecule has 1 aromatic rings. The van der Waals surface area contributed by atoms with E-state index in [4.69, 9.17) is 10.5 Å². The molecule has 1 heterocycles. The summed E-state index contributed by atoms with van der Waals surface area (Å²) >= 11 is 0. The van der Waals surface area contributed by atoms with Gasteiger partial charge in [-0.25, -0.2) is 0 Å². The Hall–Kier alpha value is -1.55. The maximum Gasteiger partial charge on any atom is 0.161 e. The van der Waals surface area contributed by atoms with E-state index in [9.17, 15) is 4.79 Å². The highest BCUT2D eigenvalue weighted by atomic mass is 16.5. The van der Waals surface area contributed by atoms with Crippen LogP contribution >= 0.6 is 0 Å². The summed E-state index contributed by atoms with van der Waals surface area (Å²) in [6.07, 6.45) is 1.03. The van der Waals surface area contributed by atoms with Crippen molar-refractivity contribution in [2.45, 2.75) is 26.3 Å². The highest BCUT2D eigenvalue weighted by Gasteiger charge is 2.22. The molecule has 0 radical (unpaired) electrons. The number of Topliss-reactive ketones (excluding diaryl/α,β-unsaturated/α-hetero) is 1. The normalized spacial score (nSPS) is 19.9. The number of benzene rings is 1. The van der Waals surface area contributed by atoms with Crippen LogP contribution in [-0.4, -0.2) is 31.6 Å². The number of hydrogen-bond donors (Lipinski definition) is 1. The lowest BCUT2D eigenvalue weighted by Crippen LogP contribution is -2.45. The Bertz CT molecular complexity index is 445. The van der Waals surface area contributed by atoms with Crippen LogP contribution in [0.4, 0.5) is 11.4 Å². The molecule has 0 saturated carbocycles. The number of ether oxygens (including phenoxy) is 1. The molecule has 4 heteroatoms. The van der Waals surface area contributed by atoms with Gasteiger partial charge in [0.25, 0.3) is 0 Å². The SMILES string of the molecule is CCC1COCCN1c1ccc(N)c(C(C)=O)c1. The predicted molar refractivity (Wildman–Crippen MR) is 73.1 cm³/mol. The maximum absolute atomic E-state index is 11.5. The first-order valence-electron chi connectivity index (χ1n) is 6.38. The number of nitrogens with two attached hydrogens (primary N) is 1. The number of carbonyl (C=O) groups is 1. The van der Waals surface area contributed by atoms with Gasteiger partial charge in [-0.05, 0) is 31.5 Å². The fourth-order valence-electron chi connectivity index (χ4n) is 2.36. The lowest BCUT2D eigenvalue weighted by Gasteiger charge is -2.37. The fraction of sp³-hybridized carbons (Fsp3) is 0.500. The van der Waals surface area contributed by atoms with Crippen molar-refractivity contribution in [2.75, 3.05) is 30.4 Å². The van der Waals surface area contributed by atoms with E-state index in [0.717, 1.165) is 31.9 Å². The summed E-state index contributed by atoms with van der Waals surface area (Å²) in [5.41, 5.74) is 8.04. The maximum atomic E-state index is 11.5. The second-order valence-electron chi connectivity index (χ2n) is 4.66. The van der Waals surface area contributed by atoms with Crippen LogP contribution in [0, 0.1) is 0 Å². The number of nitrogen functional groups attached to an aromatic ring is 1. The molecule has 0 aromatic heterocycles. The lowest BCUT2D eigenvalue weighted by atomic mass is 10.1. The highest BCUT2D eigenvalue weighted by molar-refractivity contribution is 6.00. The third-order valence-corrected chi connectivity index (χ3v) is 3.45. The van der Waals surface area contributed by atoms with Crippen LogP contribution in [0.1, 0.15) is 30.6 Å². The molecule has 4 nitrogen and oxygen atoms in total. The van der Waals surface area contributed by atoms with Gasteiger partial charge in [-0.2, -0.15) is 0 Å². The average Bonchev–Trinajstić information content (AvgIpc) is 2.39. The van der Waals surface area contributed by atoms with Crippen molar-refractivity contribution in [3.8, 4) is 0 Å². The molecule has 98 valence electrons. The first kappa shape index (κ1) is 12.9. The Balaban J connectivity index is 2.32. The Morgan fingerprint density at radius 2 is 2.33 bits per heavy atom. The van der Waals surface area contributed by atoms with Crippen molar-refractivity contribution in [1.29, 1.82) is 0 Å². The van der Waals surface area contributed by atoms with Crippen LogP contribution in [0.3, 0.4) is 0 Å². The lowest BCUT2D eigenvalue weighted by molar-refractivity contribution is 0.0930. The molecule has 1 aromatic carbocycles. The molecule has 1 unspecified atom stereocenters. The van der Waals surface area contributed by atoms with Crippen LogP contribution < -0.4 is 10.6 Å². The topological polar surface area (TPSA) is 55.6 Å². The Labute approximate surface area is 108 Å². The second-order valence-corrected chi connectivity index (χ2v) is 4.66. The van der Waals surface area contributed by atoms with Crippen molar-refractivity contribution in [1.82, 2.24) is 0 Å². The van der Waals surface area contributed by atoms with Gasteiger partial charge in [0, 0.05) is 23.5 Å². The molecule has 0 aliphatic carbocycles. The molecule has 1 saturated heterocycles. The number of anilines is 2. The first-order valence-corrected chi connectivity index (χ1v) is 6.38. The summed E-state index contributed by atoms with van der Waals surface area (Å²) in [7, 11) is 0. The van der Waals surface area contributed by atoms with E-state index in [0.29, 0.717) is 17.3 Å². The molecule has 2 rings (SSSR count). The molecule has 2 N–H and O–H groups in total. The van der Waals surface area contributed by atoms with Gasteiger partial charge < -0.3 is 15.4 Å². The predicted octanol–water partition coefficient (Wildman–Crippen LogP) is 2.09. The Morgan fingerprint density at radius 3 is 3.00 bits per heavy atom. The molecular weight excluding hydrogens is 228 g/mol. The van der Waals surface area contributed by atoms with Gasteiger partial charge in [0.05, 0.1) is 19.3 Å². The number of nitrogens with zero attached hydrogens (tertiary/aromatic N) is 1. The summed E-state index contributed by atoms with van der Waals surface area (Å²) in [5, 5.41) is 0. The second kappa shape index (κ2) is 5.40. The van der Waals surface area contributed by atoms with Crippen LogP contribution in [0.25, 0.3) is 0 Å². The van der Waals surface area contributed by atoms with Gasteiger partial charge in [0.1, 0.15) is 0 Å². The van der Waals surface area contributed by atoms with E-state index in [1.807, 2.05) is 18.2 Å². The third kappa shape index (κ3) is 2.48. The molecule has 1 aliphatic heterocycles. The zero-order valence-electron chi connectivity index (χ0n) is 11.0. The molecule has 0 bridgehead atoms. The van der Waals surface area contributed by atoms with Crippen LogP contribution in [0.2, 0.25) is 0 Å². The minimum absolute atomic E-state index is 0.00987. The smallest absolute Gasteiger partial charge is 0.161 e. The van der Waals surface area contributed by atoms with E-state index in [1.165, 1.54) is 0 Å². The molecule has 1 fully saturated rings. The quantitative estimate of drug-likeness (QED) is 0.657. The minimum Gasteiger partial charge on any atom is -0.398 e. The molecule has 18 heavy (non-hydrogen) atoms. The minimum atomic E-state index is 0.00987. The number of hydrogen-bond acceptors (Lipinski definition) is 4. The molecule has 0 amide bonds.